The Morgan fingerprint density at radius 1 is 1.22 bits per heavy atom. The van der Waals surface area contributed by atoms with Crippen LogP contribution in [0.15, 0.2) is 18.2 Å². The molecule has 122 valence electrons. The van der Waals surface area contributed by atoms with Gasteiger partial charge in [-0.15, -0.1) is 0 Å². The molecule has 0 spiro atoms. The second-order valence-electron chi connectivity index (χ2n) is 6.63. The van der Waals surface area contributed by atoms with E-state index in [1.165, 1.54) is 24.2 Å². The smallest absolute Gasteiger partial charge is 0.162 e. The molecule has 1 N–H and O–H groups in total. The first-order valence-corrected chi connectivity index (χ1v) is 8.35. The number of methoxy groups -OCH3 is 1. The summed E-state index contributed by atoms with van der Waals surface area (Å²) in [4.78, 5) is 2.46. The van der Waals surface area contributed by atoms with Crippen molar-refractivity contribution in [1.29, 1.82) is 0 Å². The average molecular weight is 313 g/mol. The molecule has 0 unspecified atom stereocenters. The van der Waals surface area contributed by atoms with Crippen molar-refractivity contribution in [2.75, 3.05) is 25.1 Å². The lowest BCUT2D eigenvalue weighted by atomic mass is 9.86. The van der Waals surface area contributed by atoms with Crippen LogP contribution in [0.4, 0.5) is 5.69 Å². The van der Waals surface area contributed by atoms with Crippen molar-refractivity contribution in [2.45, 2.75) is 38.7 Å². The number of H-pyrrole nitrogens is 1. The van der Waals surface area contributed by atoms with E-state index in [1.54, 1.807) is 7.11 Å². The summed E-state index contributed by atoms with van der Waals surface area (Å²) in [5.41, 5.74) is 4.69. The number of benzene rings is 1. The van der Waals surface area contributed by atoms with Crippen LogP contribution in [0.3, 0.4) is 0 Å². The van der Waals surface area contributed by atoms with Crippen molar-refractivity contribution in [3.63, 3.8) is 0 Å². The van der Waals surface area contributed by atoms with Crippen LogP contribution >= 0.6 is 0 Å². The number of aromatic amines is 1. The molecule has 1 aromatic heterocycles. The Labute approximate surface area is 136 Å². The monoisotopic (exact) mass is 313 g/mol. The Hall–Kier alpha value is -2.17. The summed E-state index contributed by atoms with van der Waals surface area (Å²) in [7, 11) is 1.67. The molecule has 0 amide bonds. The van der Waals surface area contributed by atoms with Crippen LogP contribution < -0.4 is 14.4 Å². The minimum atomic E-state index is 0.104. The molecule has 2 aromatic rings. The quantitative estimate of drug-likeness (QED) is 0.937. The average Bonchev–Trinajstić information content (AvgIpc) is 3.02. The maximum Gasteiger partial charge on any atom is 0.162 e. The number of fused-ring (bicyclic) bond motifs is 2. The third kappa shape index (κ3) is 2.35. The zero-order chi connectivity index (χ0) is 16.0. The van der Waals surface area contributed by atoms with Gasteiger partial charge in [0.15, 0.2) is 11.5 Å². The molecule has 3 aliphatic rings. The highest BCUT2D eigenvalue weighted by Crippen LogP contribution is 2.46. The zero-order valence-corrected chi connectivity index (χ0v) is 13.9. The summed E-state index contributed by atoms with van der Waals surface area (Å²) in [6.45, 7) is 6.31. The van der Waals surface area contributed by atoms with E-state index < -0.39 is 0 Å². The number of ether oxygens (including phenoxy) is 2. The number of anilines is 1. The van der Waals surface area contributed by atoms with Gasteiger partial charge in [-0.3, -0.25) is 5.10 Å². The molecule has 0 atom stereocenters. The van der Waals surface area contributed by atoms with Crippen molar-refractivity contribution in [3.05, 3.63) is 23.9 Å². The molecule has 0 saturated carbocycles. The molecule has 5 heteroatoms. The van der Waals surface area contributed by atoms with Gasteiger partial charge in [-0.25, -0.2) is 0 Å². The first kappa shape index (κ1) is 14.4. The molecular weight excluding hydrogens is 290 g/mol. The first-order valence-electron chi connectivity index (χ1n) is 8.35. The number of piperidine rings is 1. The largest absolute Gasteiger partial charge is 0.493 e. The molecule has 23 heavy (non-hydrogen) atoms. The Morgan fingerprint density at radius 2 is 2.00 bits per heavy atom. The van der Waals surface area contributed by atoms with E-state index in [4.69, 9.17) is 9.47 Å². The number of rotatable bonds is 4. The molecule has 0 aliphatic carbocycles. The molecule has 3 aliphatic heterocycles. The lowest BCUT2D eigenvalue weighted by molar-refractivity contribution is 0.230. The van der Waals surface area contributed by atoms with E-state index in [1.807, 2.05) is 26.0 Å². The predicted molar refractivity (Wildman–Crippen MR) is 90.5 cm³/mol. The van der Waals surface area contributed by atoms with E-state index >= 15 is 0 Å². The standard InChI is InChI=1S/C18H23N3O2/c1-11(2)23-15-10-13(4-5-14(15)22-3)17-18-16(19-20-17)12-6-8-21(18)9-7-12/h4-5,10-12H,6-9H2,1-3H3,(H,19,20). The number of hydrogen-bond donors (Lipinski definition) is 1. The Bertz CT molecular complexity index is 715. The SMILES string of the molecule is COc1ccc(-c2n[nH]c3c2N2CCC3CC2)cc1OC(C)C. The minimum Gasteiger partial charge on any atom is -0.493 e. The Balaban J connectivity index is 1.77. The van der Waals surface area contributed by atoms with Gasteiger partial charge in [0, 0.05) is 24.6 Å². The van der Waals surface area contributed by atoms with Gasteiger partial charge in [0.1, 0.15) is 5.69 Å². The molecular formula is C18H23N3O2. The van der Waals surface area contributed by atoms with Crippen LogP contribution in [0.2, 0.25) is 0 Å². The molecule has 0 radical (unpaired) electrons. The Morgan fingerprint density at radius 3 is 2.70 bits per heavy atom. The minimum absolute atomic E-state index is 0.104. The fourth-order valence-electron chi connectivity index (χ4n) is 3.72. The van der Waals surface area contributed by atoms with Crippen molar-refractivity contribution >= 4 is 5.69 Å². The summed E-state index contributed by atoms with van der Waals surface area (Å²) in [5.74, 6) is 2.17. The van der Waals surface area contributed by atoms with Crippen molar-refractivity contribution in [2.24, 2.45) is 0 Å². The van der Waals surface area contributed by atoms with Crippen LogP contribution in [-0.4, -0.2) is 36.5 Å². The van der Waals surface area contributed by atoms with Gasteiger partial charge in [-0.05, 0) is 44.9 Å². The maximum absolute atomic E-state index is 5.90. The fourth-order valence-corrected chi connectivity index (χ4v) is 3.72. The topological polar surface area (TPSA) is 50.4 Å². The highest BCUT2D eigenvalue weighted by atomic mass is 16.5. The third-order valence-corrected chi connectivity index (χ3v) is 4.79. The predicted octanol–water partition coefficient (Wildman–Crippen LogP) is 3.57. The number of nitrogens with zero attached hydrogens (tertiary/aromatic N) is 2. The molecule has 2 bridgehead atoms. The summed E-state index contributed by atoms with van der Waals surface area (Å²) in [6, 6.07) is 6.06. The second-order valence-corrected chi connectivity index (χ2v) is 6.63. The second kappa shape index (κ2) is 5.48. The molecule has 1 saturated heterocycles. The summed E-state index contributed by atoms with van der Waals surface area (Å²) in [5, 5.41) is 7.90. The summed E-state index contributed by atoms with van der Waals surface area (Å²) < 4.78 is 11.3. The zero-order valence-electron chi connectivity index (χ0n) is 13.9. The van der Waals surface area contributed by atoms with Gasteiger partial charge < -0.3 is 14.4 Å². The number of aromatic nitrogens is 2. The van der Waals surface area contributed by atoms with Gasteiger partial charge in [0.25, 0.3) is 0 Å². The first-order chi connectivity index (χ1) is 11.2. The number of nitrogens with one attached hydrogen (secondary N) is 1. The van der Waals surface area contributed by atoms with Crippen LogP contribution in [0, 0.1) is 0 Å². The van der Waals surface area contributed by atoms with Gasteiger partial charge in [0.2, 0.25) is 0 Å². The van der Waals surface area contributed by atoms with Gasteiger partial charge in [-0.1, -0.05) is 0 Å². The lowest BCUT2D eigenvalue weighted by Gasteiger charge is -2.40. The van der Waals surface area contributed by atoms with E-state index in [0.717, 1.165) is 35.8 Å². The maximum atomic E-state index is 5.90. The normalized spacial score (nSPS) is 16.8. The van der Waals surface area contributed by atoms with Gasteiger partial charge in [-0.2, -0.15) is 5.10 Å². The van der Waals surface area contributed by atoms with Crippen LogP contribution in [0.1, 0.15) is 38.3 Å². The highest BCUT2D eigenvalue weighted by molar-refractivity contribution is 5.80. The third-order valence-electron chi connectivity index (χ3n) is 4.79. The van der Waals surface area contributed by atoms with Gasteiger partial charge >= 0.3 is 0 Å². The lowest BCUT2D eigenvalue weighted by Crippen LogP contribution is -2.38. The molecule has 5 nitrogen and oxygen atoms in total. The van der Waals surface area contributed by atoms with Crippen molar-refractivity contribution in [3.8, 4) is 22.8 Å². The number of hydrogen-bond acceptors (Lipinski definition) is 4. The summed E-state index contributed by atoms with van der Waals surface area (Å²) in [6.07, 6.45) is 2.57. The van der Waals surface area contributed by atoms with E-state index in [-0.39, 0.29) is 6.10 Å². The highest BCUT2D eigenvalue weighted by Gasteiger charge is 2.35. The molecule has 1 fully saturated rings. The van der Waals surface area contributed by atoms with Crippen LogP contribution in [0.25, 0.3) is 11.3 Å². The molecule has 1 aromatic carbocycles. The molecule has 4 heterocycles. The van der Waals surface area contributed by atoms with Crippen molar-refractivity contribution in [1.82, 2.24) is 10.2 Å². The van der Waals surface area contributed by atoms with Crippen molar-refractivity contribution < 1.29 is 9.47 Å². The van der Waals surface area contributed by atoms with E-state index in [0.29, 0.717) is 5.92 Å². The van der Waals surface area contributed by atoms with Gasteiger partial charge in [0.05, 0.1) is 24.6 Å². The fraction of sp³-hybridized carbons (Fsp3) is 0.500. The Kier molecular flexibility index (Phi) is 3.43. The molecule has 5 rings (SSSR count). The summed E-state index contributed by atoms with van der Waals surface area (Å²) >= 11 is 0. The van der Waals surface area contributed by atoms with Crippen LogP contribution in [-0.2, 0) is 0 Å². The van der Waals surface area contributed by atoms with E-state index in [9.17, 15) is 0 Å². The van der Waals surface area contributed by atoms with E-state index in [2.05, 4.69) is 21.2 Å². The van der Waals surface area contributed by atoms with Crippen LogP contribution in [0.5, 0.6) is 11.5 Å².